The summed E-state index contributed by atoms with van der Waals surface area (Å²) in [5.41, 5.74) is 1.94. The molecule has 0 bridgehead atoms. The highest BCUT2D eigenvalue weighted by atomic mass is 16.3. The van der Waals surface area contributed by atoms with Crippen LogP contribution >= 0.6 is 0 Å². The second-order valence-electron chi connectivity index (χ2n) is 6.87. The molecular weight excluding hydrogens is 372 g/mol. The molecule has 2 rings (SSSR count). The predicted octanol–water partition coefficient (Wildman–Crippen LogP) is 4.48. The Kier molecular flexibility index (Phi) is 7.30. The molecule has 8 nitrogen and oxygen atoms in total. The molecule has 0 aliphatic rings. The van der Waals surface area contributed by atoms with E-state index in [4.69, 9.17) is 0 Å². The van der Waals surface area contributed by atoms with E-state index in [0.29, 0.717) is 22.5 Å². The van der Waals surface area contributed by atoms with E-state index in [1.54, 1.807) is 76.5 Å². The first-order valence-electron chi connectivity index (χ1n) is 9.17. The lowest BCUT2D eigenvalue weighted by Gasteiger charge is -2.28. The summed E-state index contributed by atoms with van der Waals surface area (Å²) in [6, 6.07) is 12.3. The zero-order valence-corrected chi connectivity index (χ0v) is 16.9. The van der Waals surface area contributed by atoms with Crippen LogP contribution in [0.5, 0.6) is 0 Å². The van der Waals surface area contributed by atoms with Crippen molar-refractivity contribution in [2.75, 3.05) is 19.0 Å². The Morgan fingerprint density at radius 1 is 0.793 bits per heavy atom. The molecule has 2 amide bonds. The van der Waals surface area contributed by atoms with E-state index in [2.05, 4.69) is 10.4 Å². The van der Waals surface area contributed by atoms with Crippen molar-refractivity contribution in [3.05, 3.63) is 69.5 Å². The van der Waals surface area contributed by atoms with Gasteiger partial charge in [-0.2, -0.15) is 9.81 Å². The number of benzene rings is 2. The number of rotatable bonds is 8. The Bertz CT molecular complexity index is 856. The lowest BCUT2D eigenvalue weighted by Crippen LogP contribution is -2.33. The van der Waals surface area contributed by atoms with Crippen LogP contribution in [0.15, 0.2) is 58.9 Å². The maximum Gasteiger partial charge on any atom is 0.241 e. The standard InChI is InChI=1S/C21H24N4O4/c1-14(22-28)16-9-5-7-11-18(16)25(21(27)13-20(26)24(3)4)19-12-8-6-10-17(19)15(2)23-29/h5-12,14-15H,13H2,1-4H3. The highest BCUT2D eigenvalue weighted by molar-refractivity contribution is 6.09. The molecule has 0 radical (unpaired) electrons. The number of hydrogen-bond donors (Lipinski definition) is 0. The van der Waals surface area contributed by atoms with Crippen molar-refractivity contribution in [2.24, 2.45) is 10.4 Å². The van der Waals surface area contributed by atoms with E-state index in [1.807, 2.05) is 0 Å². The first kappa shape index (κ1) is 21.9. The van der Waals surface area contributed by atoms with Crippen LogP contribution in [-0.2, 0) is 9.59 Å². The maximum atomic E-state index is 13.2. The Hall–Kier alpha value is -3.42. The van der Waals surface area contributed by atoms with E-state index >= 15 is 0 Å². The number of carbonyl (C=O) groups is 2. The van der Waals surface area contributed by atoms with Gasteiger partial charge in [-0.05, 0) is 26.0 Å². The van der Waals surface area contributed by atoms with Crippen LogP contribution in [0.25, 0.3) is 0 Å². The Morgan fingerprint density at radius 3 is 1.59 bits per heavy atom. The van der Waals surface area contributed by atoms with Crippen LogP contribution in [-0.4, -0.2) is 30.8 Å². The van der Waals surface area contributed by atoms with Gasteiger partial charge in [-0.1, -0.05) is 46.8 Å². The van der Waals surface area contributed by atoms with E-state index in [-0.39, 0.29) is 12.3 Å². The molecule has 0 heterocycles. The summed E-state index contributed by atoms with van der Waals surface area (Å²) in [4.78, 5) is 50.6. The molecule has 2 aromatic rings. The molecule has 152 valence electrons. The average Bonchev–Trinajstić information content (AvgIpc) is 2.73. The summed E-state index contributed by atoms with van der Waals surface area (Å²) in [6.45, 7) is 3.25. The number of amides is 2. The zero-order chi connectivity index (χ0) is 21.6. The van der Waals surface area contributed by atoms with Gasteiger partial charge in [0.05, 0.1) is 11.4 Å². The van der Waals surface area contributed by atoms with Gasteiger partial charge >= 0.3 is 0 Å². The minimum Gasteiger partial charge on any atom is -0.348 e. The van der Waals surface area contributed by atoms with Crippen molar-refractivity contribution in [2.45, 2.75) is 32.4 Å². The molecule has 29 heavy (non-hydrogen) atoms. The van der Waals surface area contributed by atoms with Crippen LogP contribution in [0.1, 0.15) is 43.5 Å². The van der Waals surface area contributed by atoms with Crippen molar-refractivity contribution in [1.29, 1.82) is 0 Å². The number of nitroso groups, excluding NO2 is 2. The first-order valence-corrected chi connectivity index (χ1v) is 9.17. The summed E-state index contributed by atoms with van der Waals surface area (Å²) >= 11 is 0. The zero-order valence-electron chi connectivity index (χ0n) is 16.9. The topological polar surface area (TPSA) is 99.5 Å². The van der Waals surface area contributed by atoms with Crippen molar-refractivity contribution in [3.63, 3.8) is 0 Å². The summed E-state index contributed by atoms with van der Waals surface area (Å²) in [5, 5.41) is 6.17. The van der Waals surface area contributed by atoms with Gasteiger partial charge in [0.25, 0.3) is 0 Å². The smallest absolute Gasteiger partial charge is 0.241 e. The van der Waals surface area contributed by atoms with E-state index in [0.717, 1.165) is 0 Å². The quantitative estimate of drug-likeness (QED) is 0.485. The third-order valence-corrected chi connectivity index (χ3v) is 4.62. The molecule has 0 fully saturated rings. The van der Waals surface area contributed by atoms with Crippen LogP contribution < -0.4 is 4.90 Å². The lowest BCUT2D eigenvalue weighted by molar-refractivity contribution is -0.133. The summed E-state index contributed by atoms with van der Waals surface area (Å²) in [7, 11) is 3.14. The molecular formula is C21H24N4O4. The Labute approximate surface area is 169 Å². The van der Waals surface area contributed by atoms with Gasteiger partial charge in [-0.25, -0.2) is 0 Å². The molecule has 2 atom stereocenters. The fourth-order valence-electron chi connectivity index (χ4n) is 2.97. The molecule has 2 unspecified atom stereocenters. The summed E-state index contributed by atoms with van der Waals surface area (Å²) in [6.07, 6.45) is -0.374. The maximum absolute atomic E-state index is 13.2. The van der Waals surface area contributed by atoms with Crippen LogP contribution in [0, 0.1) is 9.81 Å². The first-order chi connectivity index (χ1) is 13.8. The molecule has 0 aliphatic heterocycles. The van der Waals surface area contributed by atoms with Gasteiger partial charge in [-0.15, -0.1) is 0 Å². The summed E-state index contributed by atoms with van der Waals surface area (Å²) < 4.78 is 0. The van der Waals surface area contributed by atoms with Gasteiger partial charge in [0.1, 0.15) is 18.5 Å². The third-order valence-electron chi connectivity index (χ3n) is 4.62. The molecule has 0 aromatic heterocycles. The minimum absolute atomic E-state index is 0.363. The monoisotopic (exact) mass is 396 g/mol. The van der Waals surface area contributed by atoms with Gasteiger partial charge in [0.2, 0.25) is 11.8 Å². The average molecular weight is 396 g/mol. The molecule has 0 spiro atoms. The normalized spacial score (nSPS) is 12.6. The number of hydrogen-bond acceptors (Lipinski definition) is 6. The lowest BCUT2D eigenvalue weighted by atomic mass is 10.0. The number of carbonyl (C=O) groups excluding carboxylic acids is 2. The van der Waals surface area contributed by atoms with Gasteiger partial charge < -0.3 is 4.90 Å². The van der Waals surface area contributed by atoms with E-state index in [9.17, 15) is 19.4 Å². The molecule has 0 saturated heterocycles. The van der Waals surface area contributed by atoms with Crippen LogP contribution in [0.2, 0.25) is 0 Å². The van der Waals surface area contributed by atoms with E-state index in [1.165, 1.54) is 9.80 Å². The summed E-state index contributed by atoms with van der Waals surface area (Å²) in [5.74, 6) is -0.849. The number of anilines is 2. The van der Waals surface area contributed by atoms with Crippen molar-refractivity contribution in [3.8, 4) is 0 Å². The largest absolute Gasteiger partial charge is 0.348 e. The van der Waals surface area contributed by atoms with Crippen molar-refractivity contribution in [1.82, 2.24) is 4.90 Å². The van der Waals surface area contributed by atoms with Crippen LogP contribution in [0.4, 0.5) is 11.4 Å². The number of nitrogens with zero attached hydrogens (tertiary/aromatic N) is 4. The minimum atomic E-state index is -0.708. The second-order valence-corrected chi connectivity index (χ2v) is 6.87. The number of para-hydroxylation sites is 2. The highest BCUT2D eigenvalue weighted by Gasteiger charge is 2.28. The second kappa shape index (κ2) is 9.68. The molecule has 2 aromatic carbocycles. The fourth-order valence-corrected chi connectivity index (χ4v) is 2.97. The molecule has 0 saturated carbocycles. The fraction of sp³-hybridized carbons (Fsp3) is 0.333. The SMILES string of the molecule is CC(N=O)c1ccccc1N(C(=O)CC(=O)N(C)C)c1ccccc1C(C)N=O. The predicted molar refractivity (Wildman–Crippen MR) is 112 cm³/mol. The third kappa shape index (κ3) is 4.90. The van der Waals surface area contributed by atoms with Crippen molar-refractivity contribution < 1.29 is 9.59 Å². The van der Waals surface area contributed by atoms with Crippen LogP contribution in [0.3, 0.4) is 0 Å². The Balaban J connectivity index is 2.70. The van der Waals surface area contributed by atoms with Crippen molar-refractivity contribution >= 4 is 23.2 Å². The molecule has 0 aliphatic carbocycles. The molecule has 8 heteroatoms. The van der Waals surface area contributed by atoms with Gasteiger partial charge in [0.15, 0.2) is 0 Å². The molecule has 0 N–H and O–H groups in total. The van der Waals surface area contributed by atoms with Gasteiger partial charge in [-0.3, -0.25) is 14.5 Å². The highest BCUT2D eigenvalue weighted by Crippen LogP contribution is 2.38. The van der Waals surface area contributed by atoms with E-state index < -0.39 is 18.0 Å². The Morgan fingerprint density at radius 2 is 1.21 bits per heavy atom. The van der Waals surface area contributed by atoms with Gasteiger partial charge in [0, 0.05) is 25.2 Å².